The predicted octanol–water partition coefficient (Wildman–Crippen LogP) is 1.85. The summed E-state index contributed by atoms with van der Waals surface area (Å²) in [5.41, 5.74) is 0.333. The molecule has 1 aromatic rings. The molecule has 0 bridgehead atoms. The normalized spacial score (nSPS) is 25.6. The molecule has 2 N–H and O–H groups in total. The Kier molecular flexibility index (Phi) is 4.84. The van der Waals surface area contributed by atoms with Crippen LogP contribution in [-0.4, -0.2) is 27.8 Å². The van der Waals surface area contributed by atoms with Gasteiger partial charge in [0.05, 0.1) is 6.07 Å². The minimum absolute atomic E-state index is 0.0934. The van der Waals surface area contributed by atoms with E-state index in [-0.39, 0.29) is 5.56 Å². The van der Waals surface area contributed by atoms with Crippen LogP contribution in [0.15, 0.2) is 16.0 Å². The molecule has 2 atom stereocenters. The van der Waals surface area contributed by atoms with Gasteiger partial charge in [-0.3, -0.25) is 4.79 Å². The van der Waals surface area contributed by atoms with Crippen molar-refractivity contribution in [3.05, 3.63) is 22.1 Å². The second kappa shape index (κ2) is 6.42. The standard InChI is InChI=1S/C14H20N4OS/c1-3-4-10-7-12(19)18-13(17-10)20-11-5-6-14(8-11,9-15)16-2/h7,11,16H,3-6,8H2,1-2H3,(H,17,18,19). The average molecular weight is 292 g/mol. The highest BCUT2D eigenvalue weighted by atomic mass is 32.2. The highest BCUT2D eigenvalue weighted by Gasteiger charge is 2.38. The highest BCUT2D eigenvalue weighted by molar-refractivity contribution is 7.99. The largest absolute Gasteiger partial charge is 0.302 e. The lowest BCUT2D eigenvalue weighted by molar-refractivity contribution is 0.464. The van der Waals surface area contributed by atoms with Gasteiger partial charge < -0.3 is 10.3 Å². The molecule has 0 aromatic carbocycles. The topological polar surface area (TPSA) is 81.6 Å². The van der Waals surface area contributed by atoms with Crippen molar-refractivity contribution in [1.82, 2.24) is 15.3 Å². The van der Waals surface area contributed by atoms with E-state index in [4.69, 9.17) is 0 Å². The molecule has 1 heterocycles. The van der Waals surface area contributed by atoms with E-state index in [2.05, 4.69) is 28.3 Å². The lowest BCUT2D eigenvalue weighted by atomic mass is 10.0. The molecule has 0 amide bonds. The van der Waals surface area contributed by atoms with Crippen LogP contribution >= 0.6 is 11.8 Å². The number of hydrogen-bond acceptors (Lipinski definition) is 5. The van der Waals surface area contributed by atoms with Gasteiger partial charge in [-0.25, -0.2) is 4.98 Å². The van der Waals surface area contributed by atoms with E-state index in [9.17, 15) is 10.1 Å². The Morgan fingerprint density at radius 2 is 2.50 bits per heavy atom. The molecular formula is C14H20N4OS. The van der Waals surface area contributed by atoms with Crippen LogP contribution < -0.4 is 10.9 Å². The van der Waals surface area contributed by atoms with Crippen molar-refractivity contribution in [2.75, 3.05) is 7.05 Å². The number of nitrogens with zero attached hydrogens (tertiary/aromatic N) is 2. The first-order valence-electron chi connectivity index (χ1n) is 6.98. The summed E-state index contributed by atoms with van der Waals surface area (Å²) in [6, 6.07) is 3.93. The third-order valence-corrected chi connectivity index (χ3v) is 4.87. The molecule has 1 aromatic heterocycles. The molecule has 1 aliphatic carbocycles. The molecule has 2 unspecified atom stereocenters. The second-order valence-electron chi connectivity index (χ2n) is 5.22. The first kappa shape index (κ1) is 15.1. The Bertz CT molecular complexity index is 565. The Morgan fingerprint density at radius 1 is 1.70 bits per heavy atom. The zero-order valence-electron chi connectivity index (χ0n) is 11.9. The summed E-state index contributed by atoms with van der Waals surface area (Å²) >= 11 is 1.58. The van der Waals surface area contributed by atoms with Crippen molar-refractivity contribution in [1.29, 1.82) is 5.26 Å². The highest BCUT2D eigenvalue weighted by Crippen LogP contribution is 2.38. The fourth-order valence-electron chi connectivity index (χ4n) is 2.57. The predicted molar refractivity (Wildman–Crippen MR) is 79.8 cm³/mol. The minimum Gasteiger partial charge on any atom is -0.302 e. The van der Waals surface area contributed by atoms with E-state index in [1.165, 1.54) is 0 Å². The van der Waals surface area contributed by atoms with Crippen LogP contribution in [-0.2, 0) is 6.42 Å². The molecule has 1 saturated carbocycles. The van der Waals surface area contributed by atoms with Gasteiger partial charge in [-0.1, -0.05) is 25.1 Å². The summed E-state index contributed by atoms with van der Waals surface area (Å²) < 4.78 is 0. The molecule has 1 fully saturated rings. The van der Waals surface area contributed by atoms with Crippen LogP contribution in [0.25, 0.3) is 0 Å². The maximum atomic E-state index is 11.6. The molecule has 6 heteroatoms. The lowest BCUT2D eigenvalue weighted by Gasteiger charge is -2.19. The number of nitriles is 1. The summed E-state index contributed by atoms with van der Waals surface area (Å²) in [6.45, 7) is 2.07. The molecule has 1 aliphatic rings. The van der Waals surface area contributed by atoms with Gasteiger partial charge in [0.1, 0.15) is 5.54 Å². The molecule has 20 heavy (non-hydrogen) atoms. The smallest absolute Gasteiger partial charge is 0.251 e. The van der Waals surface area contributed by atoms with Crippen LogP contribution in [0.3, 0.4) is 0 Å². The zero-order valence-corrected chi connectivity index (χ0v) is 12.7. The van der Waals surface area contributed by atoms with Gasteiger partial charge in [0, 0.05) is 17.0 Å². The summed E-state index contributed by atoms with van der Waals surface area (Å²) in [4.78, 5) is 18.9. The Hall–Kier alpha value is -1.32. The minimum atomic E-state index is -0.418. The summed E-state index contributed by atoms with van der Waals surface area (Å²) in [5.74, 6) is 0. The second-order valence-corrected chi connectivity index (χ2v) is 6.51. The Balaban J connectivity index is 2.08. The number of nitrogens with one attached hydrogen (secondary N) is 2. The van der Waals surface area contributed by atoms with E-state index >= 15 is 0 Å². The summed E-state index contributed by atoms with van der Waals surface area (Å²) in [6.07, 6.45) is 4.38. The molecular weight excluding hydrogens is 272 g/mol. The summed E-state index contributed by atoms with van der Waals surface area (Å²) in [5, 5.41) is 13.4. The van der Waals surface area contributed by atoms with Crippen molar-refractivity contribution in [2.24, 2.45) is 0 Å². The quantitative estimate of drug-likeness (QED) is 0.809. The van der Waals surface area contributed by atoms with Crippen LogP contribution in [0, 0.1) is 11.3 Å². The fraction of sp³-hybridized carbons (Fsp3) is 0.643. The van der Waals surface area contributed by atoms with Crippen molar-refractivity contribution in [2.45, 2.75) is 55.0 Å². The van der Waals surface area contributed by atoms with E-state index in [0.717, 1.165) is 37.8 Å². The number of H-pyrrole nitrogens is 1. The first-order chi connectivity index (χ1) is 9.60. The van der Waals surface area contributed by atoms with Crippen LogP contribution in [0.2, 0.25) is 0 Å². The maximum absolute atomic E-state index is 11.6. The molecule has 2 rings (SSSR count). The molecule has 0 radical (unpaired) electrons. The average Bonchev–Trinajstić information content (AvgIpc) is 2.82. The van der Waals surface area contributed by atoms with Crippen LogP contribution in [0.4, 0.5) is 0 Å². The number of aromatic nitrogens is 2. The molecule has 0 aliphatic heterocycles. The number of aromatic amines is 1. The Morgan fingerprint density at radius 3 is 3.10 bits per heavy atom. The third-order valence-electron chi connectivity index (χ3n) is 3.72. The van der Waals surface area contributed by atoms with Gasteiger partial charge in [-0.15, -0.1) is 0 Å². The molecule has 0 spiro atoms. The van der Waals surface area contributed by atoms with Crippen molar-refractivity contribution >= 4 is 11.8 Å². The summed E-state index contributed by atoms with van der Waals surface area (Å²) in [7, 11) is 1.83. The van der Waals surface area contributed by atoms with Crippen LogP contribution in [0.1, 0.15) is 38.3 Å². The van der Waals surface area contributed by atoms with E-state index < -0.39 is 5.54 Å². The fourth-order valence-corrected chi connectivity index (χ4v) is 3.82. The number of rotatable bonds is 5. The van der Waals surface area contributed by atoms with E-state index in [0.29, 0.717) is 10.4 Å². The first-order valence-corrected chi connectivity index (χ1v) is 7.86. The van der Waals surface area contributed by atoms with Crippen molar-refractivity contribution < 1.29 is 0 Å². The van der Waals surface area contributed by atoms with Gasteiger partial charge in [0.15, 0.2) is 5.16 Å². The Labute approximate surface area is 123 Å². The molecule has 5 nitrogen and oxygen atoms in total. The lowest BCUT2D eigenvalue weighted by Crippen LogP contribution is -2.38. The number of hydrogen-bond donors (Lipinski definition) is 2. The van der Waals surface area contributed by atoms with E-state index in [1.807, 2.05) is 7.05 Å². The van der Waals surface area contributed by atoms with Gasteiger partial charge in [-0.2, -0.15) is 5.26 Å². The van der Waals surface area contributed by atoms with Crippen molar-refractivity contribution in [3.8, 4) is 6.07 Å². The molecule has 108 valence electrons. The number of thioether (sulfide) groups is 1. The van der Waals surface area contributed by atoms with Gasteiger partial charge in [0.2, 0.25) is 0 Å². The monoisotopic (exact) mass is 292 g/mol. The number of aryl methyl sites for hydroxylation is 1. The van der Waals surface area contributed by atoms with Crippen molar-refractivity contribution in [3.63, 3.8) is 0 Å². The van der Waals surface area contributed by atoms with Crippen LogP contribution in [0.5, 0.6) is 0 Å². The zero-order chi connectivity index (χ0) is 14.6. The third kappa shape index (κ3) is 3.41. The SMILES string of the molecule is CCCc1cc(=O)[nH]c(SC2CCC(C#N)(NC)C2)n1. The van der Waals surface area contributed by atoms with Gasteiger partial charge in [-0.05, 0) is 32.7 Å². The maximum Gasteiger partial charge on any atom is 0.251 e. The van der Waals surface area contributed by atoms with E-state index in [1.54, 1.807) is 17.8 Å². The van der Waals surface area contributed by atoms with Gasteiger partial charge in [0.25, 0.3) is 5.56 Å². The van der Waals surface area contributed by atoms with Gasteiger partial charge >= 0.3 is 0 Å². The molecule has 0 saturated heterocycles.